The van der Waals surface area contributed by atoms with E-state index in [9.17, 15) is 4.79 Å². The van der Waals surface area contributed by atoms with Crippen molar-refractivity contribution in [3.63, 3.8) is 0 Å². The number of rotatable bonds is 2. The summed E-state index contributed by atoms with van der Waals surface area (Å²) in [6.07, 6.45) is 4.15. The fraction of sp³-hybridized carbons (Fsp3) is 0.571. The van der Waals surface area contributed by atoms with Gasteiger partial charge in [0.15, 0.2) is 0 Å². The smallest absolute Gasteiger partial charge is 0.240 e. The molecule has 2 fully saturated rings. The molecule has 1 amide bonds. The number of nitrogens with zero attached hydrogens (tertiary/aromatic N) is 2. The van der Waals surface area contributed by atoms with Crippen LogP contribution >= 0.6 is 12.4 Å². The molecule has 20 heavy (non-hydrogen) atoms. The maximum atomic E-state index is 12.4. The fourth-order valence-electron chi connectivity index (χ4n) is 3.03. The zero-order valence-electron chi connectivity index (χ0n) is 11.1. The Morgan fingerprint density at radius 1 is 1.55 bits per heavy atom. The molecular weight excluding hydrogens is 278 g/mol. The molecule has 2 aliphatic rings. The number of carbonyl (C=O) groups excluding carboxylic acids is 1. The third kappa shape index (κ3) is 2.67. The average Bonchev–Trinajstić information content (AvgIpc) is 3.16. The molecule has 1 aromatic rings. The molecule has 0 unspecified atom stereocenters. The summed E-state index contributed by atoms with van der Waals surface area (Å²) in [7, 11) is 0. The van der Waals surface area contributed by atoms with E-state index in [0.717, 1.165) is 31.6 Å². The van der Waals surface area contributed by atoms with E-state index in [0.29, 0.717) is 6.54 Å². The van der Waals surface area contributed by atoms with Crippen LogP contribution in [-0.2, 0) is 4.79 Å². The van der Waals surface area contributed by atoms with Crippen molar-refractivity contribution in [2.75, 3.05) is 13.1 Å². The third-order valence-corrected chi connectivity index (χ3v) is 4.06. The molecule has 6 heteroatoms. The van der Waals surface area contributed by atoms with Gasteiger partial charge in [0.05, 0.1) is 18.4 Å². The lowest BCUT2D eigenvalue weighted by atomic mass is 10.0. The first-order valence-electron chi connectivity index (χ1n) is 6.76. The standard InChI is InChI=1S/C14H17N3O2.ClH/c15-8-11-3-1-5-17(11)14(18)12-7-10(9-16-12)13-4-2-6-19-13;/h2,4,6,10-12,16H,1,3,5,7,9H2;1H/t10-,11-,12-;/m0./s1. The maximum Gasteiger partial charge on any atom is 0.240 e. The highest BCUT2D eigenvalue weighted by atomic mass is 35.5. The van der Waals surface area contributed by atoms with Crippen molar-refractivity contribution in [2.45, 2.75) is 37.3 Å². The monoisotopic (exact) mass is 295 g/mol. The van der Waals surface area contributed by atoms with Gasteiger partial charge in [0.2, 0.25) is 5.91 Å². The second kappa shape index (κ2) is 6.29. The molecule has 0 saturated carbocycles. The van der Waals surface area contributed by atoms with E-state index in [1.165, 1.54) is 0 Å². The van der Waals surface area contributed by atoms with Gasteiger partial charge in [0.1, 0.15) is 11.8 Å². The van der Waals surface area contributed by atoms with Gasteiger partial charge in [-0.15, -0.1) is 12.4 Å². The summed E-state index contributed by atoms with van der Waals surface area (Å²) in [4.78, 5) is 14.1. The molecular formula is C14H18ClN3O2. The molecule has 0 radical (unpaired) electrons. The van der Waals surface area contributed by atoms with Crippen molar-refractivity contribution in [3.05, 3.63) is 24.2 Å². The summed E-state index contributed by atoms with van der Waals surface area (Å²) in [5.74, 6) is 1.26. The first-order chi connectivity index (χ1) is 9.29. The van der Waals surface area contributed by atoms with Gasteiger partial charge >= 0.3 is 0 Å². The van der Waals surface area contributed by atoms with Crippen molar-refractivity contribution in [1.29, 1.82) is 5.26 Å². The van der Waals surface area contributed by atoms with Gasteiger partial charge in [-0.05, 0) is 31.4 Å². The summed E-state index contributed by atoms with van der Waals surface area (Å²) >= 11 is 0. The van der Waals surface area contributed by atoms with Gasteiger partial charge in [0.25, 0.3) is 0 Å². The van der Waals surface area contributed by atoms with Crippen LogP contribution in [0.5, 0.6) is 0 Å². The molecule has 3 atom stereocenters. The van der Waals surface area contributed by atoms with Crippen LogP contribution in [-0.4, -0.2) is 36.0 Å². The van der Waals surface area contributed by atoms with Crippen molar-refractivity contribution in [2.24, 2.45) is 0 Å². The van der Waals surface area contributed by atoms with Crippen LogP contribution in [0.2, 0.25) is 0 Å². The molecule has 2 saturated heterocycles. The predicted molar refractivity (Wildman–Crippen MR) is 75.5 cm³/mol. The lowest BCUT2D eigenvalue weighted by Crippen LogP contribution is -2.45. The molecule has 108 valence electrons. The lowest BCUT2D eigenvalue weighted by Gasteiger charge is -2.23. The van der Waals surface area contributed by atoms with Gasteiger partial charge in [-0.2, -0.15) is 5.26 Å². The average molecular weight is 296 g/mol. The van der Waals surface area contributed by atoms with Crippen molar-refractivity contribution < 1.29 is 9.21 Å². The maximum absolute atomic E-state index is 12.4. The quantitative estimate of drug-likeness (QED) is 0.901. The Bertz CT molecular complexity index is 497. The van der Waals surface area contributed by atoms with Gasteiger partial charge in [-0.3, -0.25) is 4.79 Å². The minimum atomic E-state index is -0.239. The molecule has 0 spiro atoms. The van der Waals surface area contributed by atoms with E-state index in [2.05, 4.69) is 11.4 Å². The topological polar surface area (TPSA) is 69.3 Å². The molecule has 5 nitrogen and oxygen atoms in total. The number of hydrogen-bond donors (Lipinski definition) is 1. The zero-order chi connectivity index (χ0) is 13.2. The van der Waals surface area contributed by atoms with E-state index in [4.69, 9.17) is 9.68 Å². The number of nitrogens with one attached hydrogen (secondary N) is 1. The van der Waals surface area contributed by atoms with Crippen LogP contribution in [0.25, 0.3) is 0 Å². The fourth-order valence-corrected chi connectivity index (χ4v) is 3.03. The molecule has 1 aromatic heterocycles. The highest BCUT2D eigenvalue weighted by molar-refractivity contribution is 5.85. The number of nitriles is 1. The number of hydrogen-bond acceptors (Lipinski definition) is 4. The van der Waals surface area contributed by atoms with E-state index < -0.39 is 0 Å². The number of carbonyl (C=O) groups is 1. The van der Waals surface area contributed by atoms with Crippen molar-refractivity contribution >= 4 is 18.3 Å². The van der Waals surface area contributed by atoms with Gasteiger partial charge < -0.3 is 14.6 Å². The van der Waals surface area contributed by atoms with Crippen LogP contribution in [0.3, 0.4) is 0 Å². The van der Waals surface area contributed by atoms with Crippen LogP contribution in [0.4, 0.5) is 0 Å². The Hall–Kier alpha value is -1.51. The normalized spacial score (nSPS) is 28.9. The van der Waals surface area contributed by atoms with Crippen LogP contribution < -0.4 is 5.32 Å². The summed E-state index contributed by atoms with van der Waals surface area (Å²) in [6, 6.07) is 5.62. The molecule has 3 heterocycles. The molecule has 0 aliphatic carbocycles. The predicted octanol–water partition coefficient (Wildman–Crippen LogP) is 1.66. The second-order valence-corrected chi connectivity index (χ2v) is 5.23. The molecule has 0 bridgehead atoms. The number of halogens is 1. The second-order valence-electron chi connectivity index (χ2n) is 5.23. The van der Waals surface area contributed by atoms with Gasteiger partial charge in [-0.1, -0.05) is 0 Å². The molecule has 0 aromatic carbocycles. The number of likely N-dealkylation sites (tertiary alicyclic amines) is 1. The van der Waals surface area contributed by atoms with Crippen molar-refractivity contribution in [3.8, 4) is 6.07 Å². The van der Waals surface area contributed by atoms with E-state index in [-0.39, 0.29) is 36.3 Å². The summed E-state index contributed by atoms with van der Waals surface area (Å²) in [5.41, 5.74) is 0. The largest absolute Gasteiger partial charge is 0.469 e. The lowest BCUT2D eigenvalue weighted by molar-refractivity contribution is -0.133. The highest BCUT2D eigenvalue weighted by Crippen LogP contribution is 2.28. The Morgan fingerprint density at radius 2 is 2.40 bits per heavy atom. The summed E-state index contributed by atoms with van der Waals surface area (Å²) < 4.78 is 5.40. The summed E-state index contributed by atoms with van der Waals surface area (Å²) in [6.45, 7) is 1.47. The zero-order valence-corrected chi connectivity index (χ0v) is 11.9. The SMILES string of the molecule is Cl.N#C[C@@H]1CCCN1C(=O)[C@@H]1C[C@H](c2ccco2)CN1. The first-order valence-corrected chi connectivity index (χ1v) is 6.76. The first kappa shape index (κ1) is 14.9. The van der Waals surface area contributed by atoms with Crippen molar-refractivity contribution in [1.82, 2.24) is 10.2 Å². The molecule has 3 rings (SSSR count). The van der Waals surface area contributed by atoms with Gasteiger partial charge in [-0.25, -0.2) is 0 Å². The molecule has 1 N–H and O–H groups in total. The third-order valence-electron chi connectivity index (χ3n) is 4.06. The highest BCUT2D eigenvalue weighted by Gasteiger charge is 2.37. The van der Waals surface area contributed by atoms with Crippen LogP contribution in [0.1, 0.15) is 30.9 Å². The molecule has 2 aliphatic heterocycles. The van der Waals surface area contributed by atoms with E-state index in [1.807, 2.05) is 12.1 Å². The Kier molecular flexibility index (Phi) is 4.69. The minimum Gasteiger partial charge on any atom is -0.469 e. The Morgan fingerprint density at radius 3 is 3.10 bits per heavy atom. The van der Waals surface area contributed by atoms with Crippen LogP contribution in [0.15, 0.2) is 22.8 Å². The Balaban J connectivity index is 0.00000147. The van der Waals surface area contributed by atoms with Crippen LogP contribution in [0, 0.1) is 11.3 Å². The van der Waals surface area contributed by atoms with E-state index in [1.54, 1.807) is 11.2 Å². The Labute approximate surface area is 124 Å². The number of furan rings is 1. The van der Waals surface area contributed by atoms with E-state index >= 15 is 0 Å². The summed E-state index contributed by atoms with van der Waals surface area (Å²) in [5, 5.41) is 12.3. The minimum absolute atomic E-state index is 0. The van der Waals surface area contributed by atoms with Gasteiger partial charge in [0, 0.05) is 19.0 Å². The number of amides is 1.